The summed E-state index contributed by atoms with van der Waals surface area (Å²) in [6.45, 7) is 2.64. The maximum absolute atomic E-state index is 13.1. The number of carbonyl (C=O) groups excluding carboxylic acids is 1. The molecular formula is C22H24FN3O3S2. The first-order chi connectivity index (χ1) is 14.8. The second-order valence-electron chi connectivity index (χ2n) is 8.29. The number of rotatable bonds is 4. The number of nitrogens with one attached hydrogen (secondary N) is 1. The summed E-state index contributed by atoms with van der Waals surface area (Å²) in [4.78, 5) is 14.1. The van der Waals surface area contributed by atoms with Crippen LogP contribution in [0, 0.1) is 29.0 Å². The van der Waals surface area contributed by atoms with Crippen LogP contribution in [0.3, 0.4) is 0 Å². The predicted molar refractivity (Wildman–Crippen MR) is 117 cm³/mol. The zero-order chi connectivity index (χ0) is 22.2. The van der Waals surface area contributed by atoms with Crippen molar-refractivity contribution in [3.63, 3.8) is 0 Å². The van der Waals surface area contributed by atoms with E-state index in [-0.39, 0.29) is 29.8 Å². The second-order valence-corrected chi connectivity index (χ2v) is 11.3. The zero-order valence-electron chi connectivity index (χ0n) is 17.2. The molecule has 0 saturated carbocycles. The van der Waals surface area contributed by atoms with E-state index < -0.39 is 15.8 Å². The number of anilines is 1. The minimum absolute atomic E-state index is 0.0499. The van der Waals surface area contributed by atoms with Crippen molar-refractivity contribution in [2.45, 2.75) is 43.9 Å². The van der Waals surface area contributed by atoms with Crippen molar-refractivity contribution in [3.8, 4) is 6.07 Å². The molecule has 1 fully saturated rings. The van der Waals surface area contributed by atoms with Gasteiger partial charge in [0.1, 0.15) is 16.9 Å². The van der Waals surface area contributed by atoms with Crippen molar-refractivity contribution >= 4 is 32.3 Å². The number of halogens is 1. The first-order valence-electron chi connectivity index (χ1n) is 10.4. The fourth-order valence-corrected chi connectivity index (χ4v) is 7.12. The van der Waals surface area contributed by atoms with E-state index >= 15 is 0 Å². The summed E-state index contributed by atoms with van der Waals surface area (Å²) >= 11 is 1.49. The Balaban J connectivity index is 1.41. The molecular weight excluding hydrogens is 437 g/mol. The lowest BCUT2D eigenvalue weighted by Gasteiger charge is -2.30. The van der Waals surface area contributed by atoms with Gasteiger partial charge in [-0.15, -0.1) is 11.3 Å². The predicted octanol–water partition coefficient (Wildman–Crippen LogP) is 3.92. The van der Waals surface area contributed by atoms with Crippen LogP contribution in [0.4, 0.5) is 9.39 Å². The smallest absolute Gasteiger partial charge is 0.243 e. The fourth-order valence-electron chi connectivity index (χ4n) is 4.29. The number of thiophene rings is 1. The normalized spacial score (nSPS) is 20.1. The Morgan fingerprint density at radius 1 is 1.23 bits per heavy atom. The first-order valence-corrected chi connectivity index (χ1v) is 12.7. The summed E-state index contributed by atoms with van der Waals surface area (Å²) in [5, 5.41) is 13.2. The number of piperidine rings is 1. The van der Waals surface area contributed by atoms with Crippen LogP contribution in [0.1, 0.15) is 42.2 Å². The van der Waals surface area contributed by atoms with Crippen molar-refractivity contribution in [3.05, 3.63) is 46.1 Å². The molecule has 1 aromatic heterocycles. The minimum atomic E-state index is -3.71. The van der Waals surface area contributed by atoms with Crippen LogP contribution in [-0.2, 0) is 27.7 Å². The van der Waals surface area contributed by atoms with Crippen LogP contribution in [-0.4, -0.2) is 31.7 Å². The topological polar surface area (TPSA) is 90.3 Å². The maximum atomic E-state index is 13.1. The van der Waals surface area contributed by atoms with Crippen molar-refractivity contribution in [1.29, 1.82) is 5.26 Å². The van der Waals surface area contributed by atoms with Crippen LogP contribution in [0.5, 0.6) is 0 Å². The summed E-state index contributed by atoms with van der Waals surface area (Å²) in [5.41, 5.74) is 1.65. The van der Waals surface area contributed by atoms with Crippen molar-refractivity contribution in [2.75, 3.05) is 18.4 Å². The largest absolute Gasteiger partial charge is 0.316 e. The van der Waals surface area contributed by atoms with Crippen molar-refractivity contribution in [2.24, 2.45) is 11.8 Å². The molecule has 31 heavy (non-hydrogen) atoms. The number of hydrogen-bond donors (Lipinski definition) is 1. The Bertz CT molecular complexity index is 1130. The summed E-state index contributed by atoms with van der Waals surface area (Å²) in [6, 6.07) is 7.02. The van der Waals surface area contributed by atoms with Gasteiger partial charge in [-0.1, -0.05) is 6.92 Å². The number of fused-ring (bicyclic) bond motifs is 1. The highest BCUT2D eigenvalue weighted by atomic mass is 32.2. The molecule has 1 N–H and O–H groups in total. The number of benzene rings is 1. The lowest BCUT2D eigenvalue weighted by atomic mass is 9.88. The molecule has 9 heteroatoms. The molecule has 1 aromatic carbocycles. The molecule has 0 spiro atoms. The fraction of sp³-hybridized carbons (Fsp3) is 0.455. The molecule has 4 rings (SSSR count). The van der Waals surface area contributed by atoms with E-state index in [2.05, 4.69) is 18.3 Å². The first kappa shape index (κ1) is 21.9. The highest BCUT2D eigenvalue weighted by Crippen LogP contribution is 2.39. The molecule has 2 aliphatic rings. The van der Waals surface area contributed by atoms with Gasteiger partial charge in [0.15, 0.2) is 0 Å². The quantitative estimate of drug-likeness (QED) is 0.747. The Morgan fingerprint density at radius 2 is 1.90 bits per heavy atom. The molecule has 1 atom stereocenters. The number of nitrogens with zero attached hydrogens (tertiary/aromatic N) is 2. The zero-order valence-corrected chi connectivity index (χ0v) is 18.9. The van der Waals surface area contributed by atoms with Crippen LogP contribution in [0.15, 0.2) is 29.2 Å². The summed E-state index contributed by atoms with van der Waals surface area (Å²) in [7, 11) is -3.71. The van der Waals surface area contributed by atoms with Gasteiger partial charge in [0.05, 0.1) is 10.5 Å². The summed E-state index contributed by atoms with van der Waals surface area (Å²) in [5.74, 6) is -0.393. The van der Waals surface area contributed by atoms with E-state index in [9.17, 15) is 22.9 Å². The Morgan fingerprint density at radius 3 is 2.55 bits per heavy atom. The standard InChI is InChI=1S/C22H24FN3O3S2/c1-14-2-7-18-19(13-24)22(30-20(18)12-14)25-21(27)15-8-10-26(11-9-15)31(28,29)17-5-3-16(23)4-6-17/h3-6,14-15H,2,7-12H2,1H3,(H,25,27). The van der Waals surface area contributed by atoms with E-state index in [0.29, 0.717) is 29.3 Å². The van der Waals surface area contributed by atoms with Gasteiger partial charge < -0.3 is 5.32 Å². The Labute approximate surface area is 185 Å². The third-order valence-electron chi connectivity index (χ3n) is 6.14. The van der Waals surface area contributed by atoms with Gasteiger partial charge in [-0.2, -0.15) is 9.57 Å². The number of sulfonamides is 1. The molecule has 1 unspecified atom stereocenters. The van der Waals surface area contributed by atoms with Crippen LogP contribution >= 0.6 is 11.3 Å². The minimum Gasteiger partial charge on any atom is -0.316 e. The van der Waals surface area contributed by atoms with Gasteiger partial charge in [0.2, 0.25) is 15.9 Å². The molecule has 1 aliphatic carbocycles. The van der Waals surface area contributed by atoms with E-state index in [1.54, 1.807) is 0 Å². The Kier molecular flexibility index (Phi) is 6.15. The number of hydrogen-bond acceptors (Lipinski definition) is 5. The third-order valence-corrected chi connectivity index (χ3v) is 9.22. The van der Waals surface area contributed by atoms with Crippen LogP contribution < -0.4 is 5.32 Å². The molecule has 2 aromatic rings. The van der Waals surface area contributed by atoms with E-state index in [4.69, 9.17) is 0 Å². The van der Waals surface area contributed by atoms with E-state index in [0.717, 1.165) is 37.0 Å². The maximum Gasteiger partial charge on any atom is 0.243 e. The average Bonchev–Trinajstić information content (AvgIpc) is 3.09. The monoisotopic (exact) mass is 461 g/mol. The lowest BCUT2D eigenvalue weighted by molar-refractivity contribution is -0.120. The average molecular weight is 462 g/mol. The van der Waals surface area contributed by atoms with Crippen LogP contribution in [0.2, 0.25) is 0 Å². The molecule has 6 nitrogen and oxygen atoms in total. The SMILES string of the molecule is CC1CCc2c(sc(NC(=O)C3CCN(S(=O)(=O)c4ccc(F)cc4)CC3)c2C#N)C1. The van der Waals surface area contributed by atoms with Crippen molar-refractivity contribution in [1.82, 2.24) is 4.31 Å². The third kappa shape index (κ3) is 4.38. The lowest BCUT2D eigenvalue weighted by Crippen LogP contribution is -2.41. The van der Waals surface area contributed by atoms with Gasteiger partial charge in [-0.3, -0.25) is 4.79 Å². The molecule has 0 radical (unpaired) electrons. The highest BCUT2D eigenvalue weighted by molar-refractivity contribution is 7.89. The number of nitriles is 1. The van der Waals surface area contributed by atoms with Gasteiger partial charge in [-0.05, 0) is 67.9 Å². The molecule has 1 amide bonds. The summed E-state index contributed by atoms with van der Waals surface area (Å²) < 4.78 is 40.0. The second kappa shape index (κ2) is 8.69. The number of carbonyl (C=O) groups is 1. The van der Waals surface area contributed by atoms with Gasteiger partial charge in [-0.25, -0.2) is 12.8 Å². The summed E-state index contributed by atoms with van der Waals surface area (Å²) in [6.07, 6.45) is 3.65. The van der Waals surface area contributed by atoms with E-state index in [1.165, 1.54) is 32.7 Å². The highest BCUT2D eigenvalue weighted by Gasteiger charge is 2.33. The van der Waals surface area contributed by atoms with Crippen LogP contribution in [0.25, 0.3) is 0 Å². The van der Waals surface area contributed by atoms with Gasteiger partial charge in [0.25, 0.3) is 0 Å². The molecule has 164 valence electrons. The van der Waals surface area contributed by atoms with Gasteiger partial charge >= 0.3 is 0 Å². The molecule has 0 bridgehead atoms. The molecule has 1 saturated heterocycles. The molecule has 1 aliphatic heterocycles. The number of amides is 1. The van der Waals surface area contributed by atoms with E-state index in [1.807, 2.05) is 0 Å². The van der Waals surface area contributed by atoms with Crippen molar-refractivity contribution < 1.29 is 17.6 Å². The van der Waals surface area contributed by atoms with Gasteiger partial charge in [0, 0.05) is 23.9 Å². The molecule has 2 heterocycles. The Hall–Kier alpha value is -2.28.